The zero-order valence-corrected chi connectivity index (χ0v) is 11.5. The van der Waals surface area contributed by atoms with Gasteiger partial charge in [-0.05, 0) is 33.6 Å². The summed E-state index contributed by atoms with van der Waals surface area (Å²) in [5.41, 5.74) is 0. The van der Waals surface area contributed by atoms with Gasteiger partial charge in [-0.15, -0.1) is 0 Å². The summed E-state index contributed by atoms with van der Waals surface area (Å²) in [4.78, 5) is 11.3. The van der Waals surface area contributed by atoms with Crippen molar-refractivity contribution in [3.63, 3.8) is 0 Å². The highest BCUT2D eigenvalue weighted by atomic mass is 16.7. The van der Waals surface area contributed by atoms with Crippen LogP contribution in [-0.2, 0) is 19.0 Å². The largest absolute Gasteiger partial charge is 0.466 e. The maximum atomic E-state index is 11.3. The molecule has 0 saturated heterocycles. The Kier molecular flexibility index (Phi) is 10.2. The fourth-order valence-corrected chi connectivity index (χ4v) is 1.72. The number of hydrogen-bond acceptors (Lipinski definition) is 4. The predicted molar refractivity (Wildman–Crippen MR) is 66.7 cm³/mol. The molecule has 0 rings (SSSR count). The topological polar surface area (TPSA) is 44.8 Å². The minimum absolute atomic E-state index is 0.141. The lowest BCUT2D eigenvalue weighted by Crippen LogP contribution is -2.27. The summed E-state index contributed by atoms with van der Waals surface area (Å²) in [7, 11) is 0. The van der Waals surface area contributed by atoms with Crippen LogP contribution in [0.15, 0.2) is 0 Å². The molecule has 4 heteroatoms. The summed E-state index contributed by atoms with van der Waals surface area (Å²) in [6.45, 7) is 9.49. The maximum absolute atomic E-state index is 11.3. The van der Waals surface area contributed by atoms with Crippen molar-refractivity contribution in [1.29, 1.82) is 0 Å². The van der Waals surface area contributed by atoms with Crippen molar-refractivity contribution in [2.24, 2.45) is 5.92 Å². The monoisotopic (exact) mass is 246 g/mol. The minimum Gasteiger partial charge on any atom is -0.466 e. The second-order valence-corrected chi connectivity index (χ2v) is 3.79. The van der Waals surface area contributed by atoms with E-state index in [1.165, 1.54) is 0 Å². The van der Waals surface area contributed by atoms with Crippen LogP contribution in [-0.4, -0.2) is 32.1 Å². The van der Waals surface area contributed by atoms with Crippen LogP contribution in [0.2, 0.25) is 0 Å². The Labute approximate surface area is 105 Å². The number of hydrogen-bond donors (Lipinski definition) is 0. The molecular weight excluding hydrogens is 220 g/mol. The van der Waals surface area contributed by atoms with Crippen LogP contribution in [0.5, 0.6) is 0 Å². The van der Waals surface area contributed by atoms with Gasteiger partial charge in [0.25, 0.3) is 0 Å². The van der Waals surface area contributed by atoms with Gasteiger partial charge in [0.15, 0.2) is 6.29 Å². The lowest BCUT2D eigenvalue weighted by Gasteiger charge is -2.25. The van der Waals surface area contributed by atoms with Crippen LogP contribution in [0.4, 0.5) is 0 Å². The Hall–Kier alpha value is -0.610. The maximum Gasteiger partial charge on any atom is 0.305 e. The van der Waals surface area contributed by atoms with E-state index in [2.05, 4.69) is 6.92 Å². The van der Waals surface area contributed by atoms with Crippen molar-refractivity contribution in [1.82, 2.24) is 0 Å². The van der Waals surface area contributed by atoms with Gasteiger partial charge in [-0.2, -0.15) is 0 Å². The fraction of sp³-hybridized carbons (Fsp3) is 0.923. The third kappa shape index (κ3) is 7.34. The van der Waals surface area contributed by atoms with Crippen molar-refractivity contribution in [3.8, 4) is 0 Å². The third-order valence-corrected chi connectivity index (χ3v) is 2.60. The van der Waals surface area contributed by atoms with Gasteiger partial charge in [0.05, 0.1) is 6.61 Å². The smallest absolute Gasteiger partial charge is 0.305 e. The summed E-state index contributed by atoms with van der Waals surface area (Å²) < 4.78 is 16.0. The summed E-state index contributed by atoms with van der Waals surface area (Å²) in [5.74, 6) is 0.108. The molecule has 0 heterocycles. The molecule has 0 aromatic heterocycles. The highest BCUT2D eigenvalue weighted by Gasteiger charge is 2.21. The molecule has 0 aliphatic carbocycles. The number of ether oxygens (including phenoxy) is 3. The second kappa shape index (κ2) is 10.5. The van der Waals surface area contributed by atoms with Crippen molar-refractivity contribution >= 4 is 5.97 Å². The molecule has 0 aliphatic rings. The molecule has 102 valence electrons. The van der Waals surface area contributed by atoms with Gasteiger partial charge in [-0.25, -0.2) is 0 Å². The highest BCUT2D eigenvalue weighted by molar-refractivity contribution is 5.69. The average molecular weight is 246 g/mol. The lowest BCUT2D eigenvalue weighted by atomic mass is 9.99. The first-order valence-corrected chi connectivity index (χ1v) is 6.58. The molecule has 0 spiro atoms. The number of carbonyl (C=O) groups is 1. The molecule has 4 nitrogen and oxygen atoms in total. The first-order chi connectivity index (χ1) is 8.19. The minimum atomic E-state index is -0.204. The molecule has 0 radical (unpaired) electrons. The van der Waals surface area contributed by atoms with Crippen LogP contribution in [0.1, 0.15) is 47.0 Å². The van der Waals surface area contributed by atoms with Crippen LogP contribution in [0.3, 0.4) is 0 Å². The van der Waals surface area contributed by atoms with Gasteiger partial charge in [0.2, 0.25) is 0 Å². The van der Waals surface area contributed by atoms with Gasteiger partial charge in [0, 0.05) is 25.6 Å². The molecule has 0 N–H and O–H groups in total. The average Bonchev–Trinajstić information content (AvgIpc) is 2.30. The third-order valence-electron chi connectivity index (χ3n) is 2.60. The lowest BCUT2D eigenvalue weighted by molar-refractivity contribution is -0.170. The van der Waals surface area contributed by atoms with E-state index in [9.17, 15) is 4.79 Å². The van der Waals surface area contributed by atoms with Crippen LogP contribution in [0, 0.1) is 5.92 Å². The quantitative estimate of drug-likeness (QED) is 0.439. The number of carbonyl (C=O) groups excluding carboxylic acids is 1. The standard InChI is InChI=1S/C13H26O4/c1-5-11(9-10-12(14)15-6-2)13(16-7-3)17-8-4/h11,13H,5-10H2,1-4H3. The van der Waals surface area contributed by atoms with E-state index in [1.54, 1.807) is 0 Å². The molecular formula is C13H26O4. The first kappa shape index (κ1) is 16.4. The summed E-state index contributed by atoms with van der Waals surface area (Å²) in [6, 6.07) is 0. The van der Waals surface area contributed by atoms with E-state index in [-0.39, 0.29) is 18.2 Å². The van der Waals surface area contributed by atoms with E-state index >= 15 is 0 Å². The molecule has 0 bridgehead atoms. The van der Waals surface area contributed by atoms with Gasteiger partial charge >= 0.3 is 5.97 Å². The van der Waals surface area contributed by atoms with E-state index < -0.39 is 0 Å². The molecule has 1 atom stereocenters. The van der Waals surface area contributed by atoms with E-state index in [4.69, 9.17) is 14.2 Å². The molecule has 0 aromatic carbocycles. The Balaban J connectivity index is 4.12. The molecule has 0 saturated carbocycles. The summed E-state index contributed by atoms with van der Waals surface area (Å²) in [6.07, 6.45) is 1.91. The molecule has 17 heavy (non-hydrogen) atoms. The highest BCUT2D eigenvalue weighted by Crippen LogP contribution is 2.20. The number of esters is 1. The molecule has 0 fully saturated rings. The van der Waals surface area contributed by atoms with Crippen molar-refractivity contribution < 1.29 is 19.0 Å². The van der Waals surface area contributed by atoms with E-state index in [0.717, 1.165) is 12.8 Å². The Bertz CT molecular complexity index is 188. The van der Waals surface area contributed by atoms with Crippen molar-refractivity contribution in [2.75, 3.05) is 19.8 Å². The van der Waals surface area contributed by atoms with Crippen molar-refractivity contribution in [3.05, 3.63) is 0 Å². The van der Waals surface area contributed by atoms with Crippen LogP contribution in [0.25, 0.3) is 0 Å². The first-order valence-electron chi connectivity index (χ1n) is 6.58. The van der Waals surface area contributed by atoms with E-state index in [0.29, 0.717) is 26.2 Å². The van der Waals surface area contributed by atoms with Gasteiger partial charge < -0.3 is 14.2 Å². The van der Waals surface area contributed by atoms with Crippen LogP contribution < -0.4 is 0 Å². The second-order valence-electron chi connectivity index (χ2n) is 3.79. The Morgan fingerprint density at radius 3 is 2.00 bits per heavy atom. The van der Waals surface area contributed by atoms with Gasteiger partial charge in [0.1, 0.15) is 0 Å². The van der Waals surface area contributed by atoms with Gasteiger partial charge in [-0.3, -0.25) is 4.79 Å². The Morgan fingerprint density at radius 2 is 1.59 bits per heavy atom. The summed E-state index contributed by atoms with van der Waals surface area (Å²) >= 11 is 0. The normalized spacial score (nSPS) is 12.8. The summed E-state index contributed by atoms with van der Waals surface area (Å²) in [5, 5.41) is 0. The zero-order chi connectivity index (χ0) is 13.1. The van der Waals surface area contributed by atoms with Crippen LogP contribution >= 0.6 is 0 Å². The van der Waals surface area contributed by atoms with Crippen molar-refractivity contribution in [2.45, 2.75) is 53.2 Å². The molecule has 1 unspecified atom stereocenters. The predicted octanol–water partition coefficient (Wildman–Crippen LogP) is 2.76. The van der Waals surface area contributed by atoms with E-state index in [1.807, 2.05) is 20.8 Å². The molecule has 0 aromatic rings. The zero-order valence-electron chi connectivity index (χ0n) is 11.5. The van der Waals surface area contributed by atoms with Gasteiger partial charge in [-0.1, -0.05) is 6.92 Å². The fourth-order valence-electron chi connectivity index (χ4n) is 1.72. The number of rotatable bonds is 10. The SMILES string of the molecule is CCOC(=O)CCC(CC)C(OCC)OCC. The Morgan fingerprint density at radius 1 is 1.00 bits per heavy atom. The molecule has 0 amide bonds. The molecule has 0 aliphatic heterocycles.